The number of rotatable bonds is 9. The molecule has 5 saturated carbocycles. The normalized spacial score (nSPS) is 44.8. The van der Waals surface area contributed by atoms with Gasteiger partial charge in [-0.2, -0.15) is 0 Å². The van der Waals surface area contributed by atoms with E-state index in [1.165, 1.54) is 19.3 Å². The van der Waals surface area contributed by atoms with E-state index in [1.807, 2.05) is 20.8 Å². The van der Waals surface area contributed by atoms with Crippen LogP contribution >= 0.6 is 0 Å². The number of likely N-dealkylation sites (tertiary alicyclic amines) is 1. The van der Waals surface area contributed by atoms with E-state index in [0.717, 1.165) is 44.9 Å². The first-order valence-electron chi connectivity index (χ1n) is 17.8. The van der Waals surface area contributed by atoms with Gasteiger partial charge in [0.1, 0.15) is 6.10 Å². The number of carboxylic acids is 1. The zero-order chi connectivity index (χ0) is 32.0. The van der Waals surface area contributed by atoms with Crippen molar-refractivity contribution >= 4 is 12.1 Å². The van der Waals surface area contributed by atoms with E-state index in [-0.39, 0.29) is 53.7 Å². The molecule has 44 heavy (non-hydrogen) atoms. The third-order valence-corrected chi connectivity index (χ3v) is 15.0. The fraction of sp³-hybridized carbons (Fsp3) is 0.944. The molecule has 5 aliphatic carbocycles. The van der Waals surface area contributed by atoms with Crippen LogP contribution in [0.25, 0.3) is 0 Å². The molecule has 1 aliphatic heterocycles. The van der Waals surface area contributed by atoms with Gasteiger partial charge in [0.15, 0.2) is 0 Å². The number of aliphatic hydroxyl groups is 2. The summed E-state index contributed by atoms with van der Waals surface area (Å²) in [7, 11) is 0. The molecule has 0 aromatic rings. The van der Waals surface area contributed by atoms with Gasteiger partial charge in [-0.1, -0.05) is 34.1 Å². The first-order chi connectivity index (χ1) is 20.6. The van der Waals surface area contributed by atoms with E-state index >= 15 is 0 Å². The van der Waals surface area contributed by atoms with Crippen molar-refractivity contribution in [1.82, 2.24) is 4.90 Å². The van der Waals surface area contributed by atoms with Gasteiger partial charge in [0, 0.05) is 25.1 Å². The highest BCUT2D eigenvalue weighted by Gasteiger charge is 2.84. The summed E-state index contributed by atoms with van der Waals surface area (Å²) in [4.78, 5) is 25.7. The quantitative estimate of drug-likeness (QED) is 0.285. The molecule has 11 atom stereocenters. The van der Waals surface area contributed by atoms with Gasteiger partial charge in [-0.05, 0) is 124 Å². The summed E-state index contributed by atoms with van der Waals surface area (Å²) in [6, 6.07) is 0. The average molecular weight is 618 g/mol. The molecule has 0 aromatic heterocycles. The third-order valence-electron chi connectivity index (χ3n) is 15.0. The Balaban J connectivity index is 1.14. The van der Waals surface area contributed by atoms with Crippen LogP contribution in [0.4, 0.5) is 4.79 Å². The Morgan fingerprint density at radius 1 is 1.02 bits per heavy atom. The predicted octanol–water partition coefficient (Wildman–Crippen LogP) is 6.12. The van der Waals surface area contributed by atoms with Crippen LogP contribution in [0.3, 0.4) is 0 Å². The summed E-state index contributed by atoms with van der Waals surface area (Å²) in [5, 5.41) is 31.4. The molecule has 0 aromatic carbocycles. The van der Waals surface area contributed by atoms with Crippen LogP contribution in [0.15, 0.2) is 0 Å². The summed E-state index contributed by atoms with van der Waals surface area (Å²) in [6.45, 7) is 16.4. The lowest BCUT2D eigenvalue weighted by molar-refractivity contribution is -0.150. The van der Waals surface area contributed by atoms with E-state index < -0.39 is 17.5 Å². The predicted molar refractivity (Wildman–Crippen MR) is 167 cm³/mol. The molecule has 6 rings (SSSR count). The zero-order valence-corrected chi connectivity index (χ0v) is 28.3. The van der Waals surface area contributed by atoms with Crippen LogP contribution in [0.1, 0.15) is 113 Å². The van der Waals surface area contributed by atoms with Crippen molar-refractivity contribution in [2.45, 2.75) is 137 Å². The van der Waals surface area contributed by atoms with Crippen LogP contribution in [0, 0.1) is 57.2 Å². The van der Waals surface area contributed by atoms with Gasteiger partial charge in [-0.25, -0.2) is 4.79 Å². The van der Waals surface area contributed by atoms with Crippen molar-refractivity contribution < 1.29 is 34.4 Å². The summed E-state index contributed by atoms with van der Waals surface area (Å²) >= 11 is 0. The lowest BCUT2D eigenvalue weighted by Gasteiger charge is -2.59. The second-order valence-electron chi connectivity index (χ2n) is 17.3. The Morgan fingerprint density at radius 3 is 2.36 bits per heavy atom. The lowest BCUT2D eigenvalue weighted by atomic mass is 9.46. The molecule has 2 spiro atoms. The highest BCUT2D eigenvalue weighted by Crippen LogP contribution is 2.89. The minimum absolute atomic E-state index is 0.135. The van der Waals surface area contributed by atoms with E-state index in [2.05, 4.69) is 27.7 Å². The molecule has 3 N–H and O–H groups in total. The zero-order valence-electron chi connectivity index (χ0n) is 28.3. The first kappa shape index (κ1) is 32.6. The number of carbonyl (C=O) groups excluding carboxylic acids is 1. The molecular formula is C36H59NO7. The molecule has 0 radical (unpaired) electrons. The molecule has 1 amide bonds. The number of aliphatic carboxylic acids is 1. The van der Waals surface area contributed by atoms with Crippen molar-refractivity contribution in [2.75, 3.05) is 19.7 Å². The van der Waals surface area contributed by atoms with Crippen molar-refractivity contribution in [3.63, 3.8) is 0 Å². The molecule has 250 valence electrons. The Morgan fingerprint density at radius 2 is 1.73 bits per heavy atom. The highest BCUT2D eigenvalue weighted by molar-refractivity contribution is 5.76. The summed E-state index contributed by atoms with van der Waals surface area (Å²) < 4.78 is 12.1. The van der Waals surface area contributed by atoms with Crippen LogP contribution < -0.4 is 0 Å². The van der Waals surface area contributed by atoms with Gasteiger partial charge < -0.3 is 29.7 Å². The third kappa shape index (κ3) is 4.53. The maximum Gasteiger partial charge on any atom is 0.410 e. The number of fused-ring (bicyclic) bond motifs is 2. The van der Waals surface area contributed by atoms with Gasteiger partial charge >= 0.3 is 12.1 Å². The fourth-order valence-electron chi connectivity index (χ4n) is 12.8. The molecule has 8 heteroatoms. The Bertz CT molecular complexity index is 1130. The van der Waals surface area contributed by atoms with Gasteiger partial charge in [-0.15, -0.1) is 0 Å². The average Bonchev–Trinajstić information content (AvgIpc) is 3.32. The minimum Gasteiger partial charge on any atom is -0.481 e. The van der Waals surface area contributed by atoms with Gasteiger partial charge in [0.25, 0.3) is 0 Å². The van der Waals surface area contributed by atoms with Crippen molar-refractivity contribution in [3.8, 4) is 0 Å². The van der Waals surface area contributed by atoms with Crippen LogP contribution in [-0.4, -0.2) is 75.9 Å². The highest BCUT2D eigenvalue weighted by atomic mass is 16.6. The summed E-state index contributed by atoms with van der Waals surface area (Å²) in [5.41, 5.74) is -0.242. The van der Waals surface area contributed by atoms with E-state index in [9.17, 15) is 24.9 Å². The molecular weight excluding hydrogens is 558 g/mol. The topological polar surface area (TPSA) is 117 Å². The fourth-order valence-corrected chi connectivity index (χ4v) is 12.8. The largest absolute Gasteiger partial charge is 0.481 e. The molecule has 1 heterocycles. The molecule has 6 fully saturated rings. The van der Waals surface area contributed by atoms with Gasteiger partial charge in [0.2, 0.25) is 0 Å². The molecule has 0 bridgehead atoms. The van der Waals surface area contributed by atoms with E-state index in [4.69, 9.17) is 9.47 Å². The Labute approximate surface area is 264 Å². The molecule has 11 unspecified atom stereocenters. The maximum atomic E-state index is 13.0. The number of nitrogens with zero attached hydrogens (tertiary/aromatic N) is 1. The van der Waals surface area contributed by atoms with E-state index in [1.54, 1.807) is 4.90 Å². The van der Waals surface area contributed by atoms with Crippen molar-refractivity contribution in [1.29, 1.82) is 0 Å². The van der Waals surface area contributed by atoms with Crippen molar-refractivity contribution in [3.05, 3.63) is 0 Å². The van der Waals surface area contributed by atoms with E-state index in [0.29, 0.717) is 41.6 Å². The molecule has 1 saturated heterocycles. The standard InChI is InChI=1S/C36H59NO7/c1-8-43-29(33(5,6)42)11-9-10-24-26(38)18-25-23-12-13-27-32(3,4)28(44-31(41)37-19-22(20-37)30(39)40)14-15-36(27)21(2)35(23,36)17-16-34(24,25)7/h21-29,38,42H,8-20H2,1-7H3,(H,39,40). The SMILES string of the molecule is CCOC(CCCC1C(O)CC2C3CCC4C(C)(C)C(OC(=O)N5CC(C(=O)O)C5)CCC45C(C)C35CCC12C)C(C)(C)O. The number of hydrogen-bond donors (Lipinski definition) is 3. The summed E-state index contributed by atoms with van der Waals surface area (Å²) in [5.74, 6) is 1.31. The van der Waals surface area contributed by atoms with Crippen LogP contribution in [-0.2, 0) is 14.3 Å². The lowest BCUT2D eigenvalue weighted by Crippen LogP contribution is -2.57. The van der Waals surface area contributed by atoms with Gasteiger partial charge in [-0.3, -0.25) is 4.79 Å². The monoisotopic (exact) mass is 617 g/mol. The molecule has 8 nitrogen and oxygen atoms in total. The number of aliphatic hydroxyl groups excluding tert-OH is 1. The molecule has 6 aliphatic rings. The van der Waals surface area contributed by atoms with Gasteiger partial charge in [0.05, 0.1) is 23.7 Å². The Hall–Kier alpha value is -1.38. The number of carbonyl (C=O) groups is 2. The van der Waals surface area contributed by atoms with Crippen molar-refractivity contribution in [2.24, 2.45) is 57.2 Å². The smallest absolute Gasteiger partial charge is 0.410 e. The number of carboxylic acid groups (broad SMARTS) is 1. The maximum absolute atomic E-state index is 13.0. The summed E-state index contributed by atoms with van der Waals surface area (Å²) in [6.07, 6.45) is 9.46. The first-order valence-corrected chi connectivity index (χ1v) is 17.8. The number of amides is 1. The van der Waals surface area contributed by atoms with Crippen LogP contribution in [0.2, 0.25) is 0 Å². The minimum atomic E-state index is -0.869. The second kappa shape index (κ2) is 10.8. The van der Waals surface area contributed by atoms with Crippen LogP contribution in [0.5, 0.6) is 0 Å². The second-order valence-corrected chi connectivity index (χ2v) is 17.3. The number of ether oxygens (including phenoxy) is 2. The Kier molecular flexibility index (Phi) is 8.02. The number of hydrogen-bond acceptors (Lipinski definition) is 6.